The maximum absolute atomic E-state index is 12.1. The summed E-state index contributed by atoms with van der Waals surface area (Å²) in [5, 5.41) is 10.9. The molecule has 0 aromatic heterocycles. The van der Waals surface area contributed by atoms with Gasteiger partial charge in [0.05, 0.1) is 9.82 Å². The molecule has 1 rings (SSSR count). The summed E-state index contributed by atoms with van der Waals surface area (Å²) in [7, 11) is -2.26. The van der Waals surface area contributed by atoms with Crippen LogP contribution in [0.25, 0.3) is 0 Å². The van der Waals surface area contributed by atoms with E-state index < -0.39 is 14.9 Å². The van der Waals surface area contributed by atoms with Crippen molar-refractivity contribution in [3.05, 3.63) is 32.3 Å². The van der Waals surface area contributed by atoms with Crippen molar-refractivity contribution in [2.75, 3.05) is 13.6 Å². The number of sulfonamides is 1. The Kier molecular flexibility index (Phi) is 4.46. The van der Waals surface area contributed by atoms with Crippen molar-refractivity contribution >= 4 is 31.6 Å². The highest BCUT2D eigenvalue weighted by atomic mass is 79.9. The fraction of sp³-hybridized carbons (Fsp3) is 0.400. The van der Waals surface area contributed by atoms with Gasteiger partial charge in [-0.1, -0.05) is 22.9 Å². The molecule has 0 heterocycles. The van der Waals surface area contributed by atoms with Crippen LogP contribution in [0.2, 0.25) is 0 Å². The minimum absolute atomic E-state index is 0.0870. The van der Waals surface area contributed by atoms with Gasteiger partial charge >= 0.3 is 0 Å². The minimum atomic E-state index is -3.69. The first-order valence-corrected chi connectivity index (χ1v) is 7.36. The zero-order chi connectivity index (χ0) is 14.1. The average Bonchev–Trinajstić information content (AvgIpc) is 2.30. The molecule has 0 unspecified atom stereocenters. The van der Waals surface area contributed by atoms with E-state index >= 15 is 0 Å². The zero-order valence-electron chi connectivity index (χ0n) is 10.2. The van der Waals surface area contributed by atoms with Crippen molar-refractivity contribution in [3.63, 3.8) is 0 Å². The first-order valence-electron chi connectivity index (χ1n) is 5.12. The van der Waals surface area contributed by atoms with Gasteiger partial charge in [0.15, 0.2) is 0 Å². The van der Waals surface area contributed by atoms with Crippen LogP contribution in [0, 0.1) is 17.0 Å². The molecule has 1 aromatic rings. The number of nitro groups is 1. The maximum Gasteiger partial charge on any atom is 0.274 e. The van der Waals surface area contributed by atoms with Crippen LogP contribution < -0.4 is 0 Å². The second kappa shape index (κ2) is 5.33. The van der Waals surface area contributed by atoms with Crippen molar-refractivity contribution < 1.29 is 13.3 Å². The van der Waals surface area contributed by atoms with E-state index in [0.717, 1.165) is 10.4 Å². The number of benzene rings is 1. The van der Waals surface area contributed by atoms with Gasteiger partial charge in [0, 0.05) is 29.7 Å². The van der Waals surface area contributed by atoms with Gasteiger partial charge in [-0.05, 0) is 13.0 Å². The summed E-state index contributed by atoms with van der Waals surface area (Å²) in [4.78, 5) is 10.2. The summed E-state index contributed by atoms with van der Waals surface area (Å²) in [6.45, 7) is 3.54. The lowest BCUT2D eigenvalue weighted by atomic mass is 10.2. The Morgan fingerprint density at radius 1 is 1.44 bits per heavy atom. The SMILES string of the molecule is CCN(C)S(=O)(=O)c1cc(Br)c(C)c([N+](=O)[O-])c1. The van der Waals surface area contributed by atoms with Gasteiger partial charge in [-0.15, -0.1) is 0 Å². The molecular weight excluding hydrogens is 324 g/mol. The lowest BCUT2D eigenvalue weighted by Crippen LogP contribution is -2.26. The zero-order valence-corrected chi connectivity index (χ0v) is 12.6. The predicted molar refractivity (Wildman–Crippen MR) is 71.0 cm³/mol. The molecule has 0 bridgehead atoms. The molecule has 0 saturated carbocycles. The van der Waals surface area contributed by atoms with Gasteiger partial charge < -0.3 is 0 Å². The first-order chi connectivity index (χ1) is 8.21. The second-order valence-electron chi connectivity index (χ2n) is 3.73. The number of nitrogens with zero attached hydrogens (tertiary/aromatic N) is 2. The van der Waals surface area contributed by atoms with E-state index in [0.29, 0.717) is 16.6 Å². The smallest absolute Gasteiger partial charge is 0.258 e. The quantitative estimate of drug-likeness (QED) is 0.624. The molecule has 0 aliphatic rings. The first kappa shape index (κ1) is 15.1. The van der Waals surface area contributed by atoms with Crippen LogP contribution in [0.1, 0.15) is 12.5 Å². The Balaban J connectivity index is 3.50. The molecule has 0 aliphatic heterocycles. The number of hydrogen-bond acceptors (Lipinski definition) is 4. The second-order valence-corrected chi connectivity index (χ2v) is 6.62. The Labute approximate surface area is 114 Å². The average molecular weight is 337 g/mol. The van der Waals surface area contributed by atoms with Crippen molar-refractivity contribution in [3.8, 4) is 0 Å². The van der Waals surface area contributed by atoms with Crippen LogP contribution in [0.4, 0.5) is 5.69 Å². The molecule has 8 heteroatoms. The number of hydrogen-bond donors (Lipinski definition) is 0. The molecule has 0 atom stereocenters. The number of nitro benzene ring substituents is 1. The molecule has 1 aromatic carbocycles. The summed E-state index contributed by atoms with van der Waals surface area (Å²) >= 11 is 3.14. The fourth-order valence-corrected chi connectivity index (χ4v) is 3.16. The molecule has 0 N–H and O–H groups in total. The largest absolute Gasteiger partial charge is 0.274 e. The van der Waals surface area contributed by atoms with Crippen molar-refractivity contribution in [2.45, 2.75) is 18.7 Å². The third-order valence-corrected chi connectivity index (χ3v) is 5.37. The maximum atomic E-state index is 12.1. The predicted octanol–water partition coefficient (Wildman–Crippen LogP) is 2.31. The molecule has 0 fully saturated rings. The van der Waals surface area contributed by atoms with Gasteiger partial charge in [-0.2, -0.15) is 0 Å². The van der Waals surface area contributed by atoms with Crippen LogP contribution in [0.3, 0.4) is 0 Å². The van der Waals surface area contributed by atoms with Crippen LogP contribution in [-0.2, 0) is 10.0 Å². The van der Waals surface area contributed by atoms with Crippen LogP contribution in [-0.4, -0.2) is 31.2 Å². The normalized spacial score (nSPS) is 11.8. The molecule has 6 nitrogen and oxygen atoms in total. The Morgan fingerprint density at radius 3 is 2.44 bits per heavy atom. The number of rotatable bonds is 4. The summed E-state index contributed by atoms with van der Waals surface area (Å²) in [5.41, 5.74) is 0.186. The molecule has 0 aliphatic carbocycles. The molecule has 0 amide bonds. The summed E-state index contributed by atoms with van der Waals surface area (Å²) in [5.74, 6) is 0. The van der Waals surface area contributed by atoms with E-state index in [1.807, 2.05) is 0 Å². The highest BCUT2D eigenvalue weighted by molar-refractivity contribution is 9.10. The van der Waals surface area contributed by atoms with Gasteiger partial charge in [-0.3, -0.25) is 10.1 Å². The van der Waals surface area contributed by atoms with Gasteiger partial charge in [0.2, 0.25) is 10.0 Å². The van der Waals surface area contributed by atoms with Crippen molar-refractivity contribution in [2.24, 2.45) is 0 Å². The Hall–Kier alpha value is -0.990. The standard InChI is InChI=1S/C10H13BrN2O4S/c1-4-12(3)18(16,17)8-5-9(11)7(2)10(6-8)13(14)15/h5-6H,4H2,1-3H3. The highest BCUT2D eigenvalue weighted by Crippen LogP contribution is 2.30. The monoisotopic (exact) mass is 336 g/mol. The van der Waals surface area contributed by atoms with E-state index in [-0.39, 0.29) is 10.6 Å². The molecule has 18 heavy (non-hydrogen) atoms. The molecule has 0 spiro atoms. The Morgan fingerprint density at radius 2 is 2.00 bits per heavy atom. The van der Waals surface area contributed by atoms with Crippen molar-refractivity contribution in [1.29, 1.82) is 0 Å². The van der Waals surface area contributed by atoms with Crippen LogP contribution >= 0.6 is 15.9 Å². The highest BCUT2D eigenvalue weighted by Gasteiger charge is 2.24. The lowest BCUT2D eigenvalue weighted by molar-refractivity contribution is -0.385. The lowest BCUT2D eigenvalue weighted by Gasteiger charge is -2.15. The minimum Gasteiger partial charge on any atom is -0.258 e. The van der Waals surface area contributed by atoms with Gasteiger partial charge in [0.1, 0.15) is 0 Å². The fourth-order valence-electron chi connectivity index (χ4n) is 1.33. The molecular formula is C10H13BrN2O4S. The van der Waals surface area contributed by atoms with Crippen molar-refractivity contribution in [1.82, 2.24) is 4.31 Å². The van der Waals surface area contributed by atoms with E-state index in [4.69, 9.17) is 0 Å². The van der Waals surface area contributed by atoms with Crippen LogP contribution in [0.15, 0.2) is 21.5 Å². The van der Waals surface area contributed by atoms with Gasteiger partial charge in [0.25, 0.3) is 5.69 Å². The molecule has 100 valence electrons. The Bertz CT molecular complexity index is 586. The third-order valence-electron chi connectivity index (χ3n) is 2.64. The number of halogens is 1. The van der Waals surface area contributed by atoms with E-state index in [1.165, 1.54) is 13.1 Å². The summed E-state index contributed by atoms with van der Waals surface area (Å²) in [6, 6.07) is 2.46. The summed E-state index contributed by atoms with van der Waals surface area (Å²) < 4.78 is 25.7. The van der Waals surface area contributed by atoms with E-state index in [1.54, 1.807) is 13.8 Å². The van der Waals surface area contributed by atoms with E-state index in [9.17, 15) is 18.5 Å². The van der Waals surface area contributed by atoms with E-state index in [2.05, 4.69) is 15.9 Å². The van der Waals surface area contributed by atoms with Gasteiger partial charge in [-0.25, -0.2) is 12.7 Å². The topological polar surface area (TPSA) is 80.5 Å². The third kappa shape index (κ3) is 2.70. The molecule has 0 radical (unpaired) electrons. The molecule has 0 saturated heterocycles. The van der Waals surface area contributed by atoms with Crippen LogP contribution in [0.5, 0.6) is 0 Å². The summed E-state index contributed by atoms with van der Waals surface area (Å²) in [6.07, 6.45) is 0.